The molecule has 0 aromatic carbocycles. The van der Waals surface area contributed by atoms with Crippen molar-refractivity contribution in [2.45, 2.75) is 46.1 Å². The predicted octanol–water partition coefficient (Wildman–Crippen LogP) is 2.41. The first-order chi connectivity index (χ1) is 6.06. The number of rotatable bonds is 3. The summed E-state index contributed by atoms with van der Waals surface area (Å²) in [6, 6.07) is 0. The molecule has 74 valence electrons. The Balaban J connectivity index is 3.04. The molecule has 1 atom stereocenters. The van der Waals surface area contributed by atoms with Gasteiger partial charge in [-0.2, -0.15) is 0 Å². The van der Waals surface area contributed by atoms with Gasteiger partial charge < -0.3 is 9.52 Å². The molecule has 0 radical (unpaired) electrons. The van der Waals surface area contributed by atoms with Gasteiger partial charge >= 0.3 is 0 Å². The van der Waals surface area contributed by atoms with Crippen LogP contribution in [0, 0.1) is 0 Å². The van der Waals surface area contributed by atoms with E-state index in [0.717, 1.165) is 17.9 Å². The Bertz CT molecular complexity index is 276. The van der Waals surface area contributed by atoms with Crippen molar-refractivity contribution in [2.24, 2.45) is 0 Å². The van der Waals surface area contributed by atoms with Crippen molar-refractivity contribution in [1.82, 2.24) is 4.98 Å². The lowest BCUT2D eigenvalue weighted by molar-refractivity contribution is 0.160. The van der Waals surface area contributed by atoms with Gasteiger partial charge in [-0.15, -0.1) is 0 Å². The molecule has 3 heteroatoms. The van der Waals surface area contributed by atoms with Crippen LogP contribution in [0.5, 0.6) is 0 Å². The molecule has 1 aromatic rings. The first-order valence-corrected chi connectivity index (χ1v) is 4.73. The van der Waals surface area contributed by atoms with Crippen molar-refractivity contribution in [3.63, 3.8) is 0 Å². The van der Waals surface area contributed by atoms with E-state index < -0.39 is 6.10 Å². The second-order valence-corrected chi connectivity index (χ2v) is 3.55. The largest absolute Gasteiger partial charge is 0.442 e. The zero-order valence-electron chi connectivity index (χ0n) is 8.66. The number of aliphatic hydroxyl groups is 1. The van der Waals surface area contributed by atoms with Crippen molar-refractivity contribution in [3.8, 4) is 0 Å². The molecule has 1 aromatic heterocycles. The summed E-state index contributed by atoms with van der Waals surface area (Å²) in [5, 5.41) is 9.28. The van der Waals surface area contributed by atoms with Gasteiger partial charge in [0.2, 0.25) is 5.89 Å². The Hall–Kier alpha value is -0.830. The van der Waals surface area contributed by atoms with E-state index in [0.29, 0.717) is 11.8 Å². The molecule has 0 fully saturated rings. The van der Waals surface area contributed by atoms with Gasteiger partial charge in [-0.25, -0.2) is 4.98 Å². The quantitative estimate of drug-likeness (QED) is 0.782. The summed E-state index contributed by atoms with van der Waals surface area (Å²) in [5.41, 5.74) is 0.964. The lowest BCUT2D eigenvalue weighted by atomic mass is 10.1. The minimum atomic E-state index is -0.613. The summed E-state index contributed by atoms with van der Waals surface area (Å²) >= 11 is 0. The van der Waals surface area contributed by atoms with Gasteiger partial charge in [-0.1, -0.05) is 20.8 Å². The third-order valence-corrected chi connectivity index (χ3v) is 1.96. The zero-order valence-corrected chi connectivity index (χ0v) is 8.66. The highest BCUT2D eigenvalue weighted by molar-refractivity contribution is 5.14. The van der Waals surface area contributed by atoms with E-state index in [1.165, 1.54) is 0 Å². The first kappa shape index (κ1) is 10.3. The maximum absolute atomic E-state index is 9.28. The van der Waals surface area contributed by atoms with E-state index in [2.05, 4.69) is 18.8 Å². The van der Waals surface area contributed by atoms with E-state index in [1.54, 1.807) is 6.92 Å². The summed E-state index contributed by atoms with van der Waals surface area (Å²) in [4.78, 5) is 4.23. The Labute approximate surface area is 78.8 Å². The summed E-state index contributed by atoms with van der Waals surface area (Å²) in [6.45, 7) is 7.82. The fourth-order valence-corrected chi connectivity index (χ4v) is 1.27. The van der Waals surface area contributed by atoms with Crippen LogP contribution >= 0.6 is 0 Å². The van der Waals surface area contributed by atoms with Crippen molar-refractivity contribution in [1.29, 1.82) is 0 Å². The van der Waals surface area contributed by atoms with Crippen molar-refractivity contribution in [3.05, 3.63) is 17.3 Å². The van der Waals surface area contributed by atoms with E-state index >= 15 is 0 Å². The lowest BCUT2D eigenvalue weighted by Gasteiger charge is -2.00. The maximum Gasteiger partial charge on any atom is 0.223 e. The molecule has 1 heterocycles. The van der Waals surface area contributed by atoms with Crippen molar-refractivity contribution in [2.75, 3.05) is 0 Å². The van der Waals surface area contributed by atoms with Crippen molar-refractivity contribution < 1.29 is 9.52 Å². The Kier molecular flexibility index (Phi) is 3.09. The molecule has 1 rings (SSSR count). The summed E-state index contributed by atoms with van der Waals surface area (Å²) < 4.78 is 5.47. The van der Waals surface area contributed by atoms with Crippen LogP contribution in [0.4, 0.5) is 0 Å². The molecular formula is C10H17NO2. The highest BCUT2D eigenvalue weighted by Gasteiger charge is 2.16. The van der Waals surface area contributed by atoms with Gasteiger partial charge in [0.15, 0.2) is 0 Å². The minimum absolute atomic E-state index is 0.329. The third-order valence-electron chi connectivity index (χ3n) is 1.96. The summed E-state index contributed by atoms with van der Waals surface area (Å²) in [6.07, 6.45) is 0.238. The number of nitrogens with zero attached hydrogens (tertiary/aromatic N) is 1. The minimum Gasteiger partial charge on any atom is -0.442 e. The second-order valence-electron chi connectivity index (χ2n) is 3.55. The van der Waals surface area contributed by atoms with Gasteiger partial charge in [0.05, 0.1) is 5.69 Å². The Morgan fingerprint density at radius 1 is 1.38 bits per heavy atom. The van der Waals surface area contributed by atoms with E-state index in [4.69, 9.17) is 4.42 Å². The highest BCUT2D eigenvalue weighted by Crippen LogP contribution is 2.23. The van der Waals surface area contributed by atoms with E-state index in [-0.39, 0.29) is 0 Å². The molecule has 0 bridgehead atoms. The molecular weight excluding hydrogens is 166 g/mol. The van der Waals surface area contributed by atoms with Crippen LogP contribution < -0.4 is 0 Å². The molecule has 0 aliphatic rings. The van der Waals surface area contributed by atoms with Gasteiger partial charge in [0.25, 0.3) is 0 Å². The van der Waals surface area contributed by atoms with Crippen molar-refractivity contribution >= 4 is 0 Å². The van der Waals surface area contributed by atoms with Crippen LogP contribution in [0.3, 0.4) is 0 Å². The van der Waals surface area contributed by atoms with Crippen LogP contribution in [-0.2, 0) is 6.42 Å². The number of aryl methyl sites for hydroxylation is 1. The number of hydrogen-bond acceptors (Lipinski definition) is 3. The molecule has 1 unspecified atom stereocenters. The van der Waals surface area contributed by atoms with Crippen LogP contribution in [0.25, 0.3) is 0 Å². The SMILES string of the molecule is CCc1nc(C(C)O)oc1C(C)C. The van der Waals surface area contributed by atoms with Crippen LogP contribution in [0.15, 0.2) is 4.42 Å². The van der Waals surface area contributed by atoms with Gasteiger partial charge in [-0.3, -0.25) is 0 Å². The second kappa shape index (κ2) is 3.92. The topological polar surface area (TPSA) is 46.3 Å². The fourth-order valence-electron chi connectivity index (χ4n) is 1.27. The highest BCUT2D eigenvalue weighted by atomic mass is 16.4. The number of oxazole rings is 1. The average molecular weight is 183 g/mol. The Morgan fingerprint density at radius 2 is 2.00 bits per heavy atom. The number of aromatic nitrogens is 1. The third kappa shape index (κ3) is 2.10. The molecule has 0 spiro atoms. The van der Waals surface area contributed by atoms with Crippen LogP contribution in [0.1, 0.15) is 57.1 Å². The Morgan fingerprint density at radius 3 is 2.31 bits per heavy atom. The lowest BCUT2D eigenvalue weighted by Crippen LogP contribution is -1.92. The van der Waals surface area contributed by atoms with Gasteiger partial charge in [0, 0.05) is 5.92 Å². The fraction of sp³-hybridized carbons (Fsp3) is 0.700. The van der Waals surface area contributed by atoms with Gasteiger partial charge in [-0.05, 0) is 13.3 Å². The maximum atomic E-state index is 9.28. The van der Waals surface area contributed by atoms with E-state index in [1.807, 2.05) is 6.92 Å². The van der Waals surface area contributed by atoms with Crippen LogP contribution in [0.2, 0.25) is 0 Å². The summed E-state index contributed by atoms with van der Waals surface area (Å²) in [7, 11) is 0. The molecule has 3 nitrogen and oxygen atoms in total. The van der Waals surface area contributed by atoms with Gasteiger partial charge in [0.1, 0.15) is 11.9 Å². The summed E-state index contributed by atoms with van der Waals surface area (Å²) in [5.74, 6) is 1.66. The van der Waals surface area contributed by atoms with Crippen LogP contribution in [-0.4, -0.2) is 10.1 Å². The molecule has 0 saturated heterocycles. The monoisotopic (exact) mass is 183 g/mol. The molecule has 0 aliphatic heterocycles. The number of aliphatic hydroxyl groups excluding tert-OH is 1. The molecule has 0 saturated carbocycles. The standard InChI is InChI=1S/C10H17NO2/c1-5-8-9(6(2)3)13-10(11-8)7(4)12/h6-7,12H,5H2,1-4H3. The molecule has 1 N–H and O–H groups in total. The number of hydrogen-bond donors (Lipinski definition) is 1. The molecule has 0 aliphatic carbocycles. The average Bonchev–Trinajstić information content (AvgIpc) is 2.47. The van der Waals surface area contributed by atoms with E-state index in [9.17, 15) is 5.11 Å². The smallest absolute Gasteiger partial charge is 0.223 e. The predicted molar refractivity (Wildman–Crippen MR) is 50.6 cm³/mol. The zero-order chi connectivity index (χ0) is 10.0. The normalized spacial score (nSPS) is 13.7. The molecule has 0 amide bonds. The molecule has 13 heavy (non-hydrogen) atoms. The first-order valence-electron chi connectivity index (χ1n) is 4.73.